The Morgan fingerprint density at radius 3 is 1.73 bits per heavy atom. The van der Waals surface area contributed by atoms with Crippen LogP contribution in [-0.4, -0.2) is 45.5 Å². The summed E-state index contributed by atoms with van der Waals surface area (Å²) in [6, 6.07) is 11.0. The van der Waals surface area contributed by atoms with Gasteiger partial charge in [0.25, 0.3) is 0 Å². The normalized spacial score (nSPS) is 21.2. The molecular weight excluding hydrogens is 368 g/mol. The zero-order valence-corrected chi connectivity index (χ0v) is 20.4. The van der Waals surface area contributed by atoms with Gasteiger partial charge < -0.3 is 14.4 Å². The van der Waals surface area contributed by atoms with Crippen molar-refractivity contribution >= 4 is 0 Å². The second-order valence-corrected chi connectivity index (χ2v) is 8.27. The van der Waals surface area contributed by atoms with Crippen molar-refractivity contribution in [1.29, 1.82) is 0 Å². The van der Waals surface area contributed by atoms with Gasteiger partial charge in [-0.05, 0) is 19.4 Å². The Balaban J connectivity index is 0.00000155. The summed E-state index contributed by atoms with van der Waals surface area (Å²) < 4.78 is 2.16. The van der Waals surface area contributed by atoms with Crippen LogP contribution in [0.3, 0.4) is 0 Å². The molecule has 0 amide bonds. The van der Waals surface area contributed by atoms with Crippen molar-refractivity contribution in [3.63, 3.8) is 0 Å². The number of hydrogen-bond acceptors (Lipinski definition) is 3. The molecule has 0 spiro atoms. The van der Waals surface area contributed by atoms with E-state index in [1.807, 2.05) is 13.8 Å². The minimum atomic E-state index is 0.143. The maximum absolute atomic E-state index is 4.85. The minimum absolute atomic E-state index is 0.143. The van der Waals surface area contributed by atoms with E-state index in [0.29, 0.717) is 5.92 Å². The number of benzene rings is 1. The molecule has 0 radical (unpaired) electrons. The predicted octanol–water partition coefficient (Wildman–Crippen LogP) is 5.61. The lowest BCUT2D eigenvalue weighted by Gasteiger charge is -2.51. The van der Waals surface area contributed by atoms with Crippen LogP contribution in [0.15, 0.2) is 54.9 Å². The number of aryl methyl sites for hydroxylation is 1. The molecule has 1 fully saturated rings. The molecule has 1 aliphatic heterocycles. The van der Waals surface area contributed by atoms with Gasteiger partial charge in [0.15, 0.2) is 0 Å². The molecule has 4 nitrogen and oxygen atoms in total. The van der Waals surface area contributed by atoms with Gasteiger partial charge in [0, 0.05) is 50.1 Å². The molecule has 0 bridgehead atoms. The highest BCUT2D eigenvalue weighted by Gasteiger charge is 2.41. The van der Waals surface area contributed by atoms with Crippen LogP contribution in [0.25, 0.3) is 0 Å². The zero-order valence-electron chi connectivity index (χ0n) is 20.4. The van der Waals surface area contributed by atoms with Crippen molar-refractivity contribution in [3.05, 3.63) is 77.7 Å². The Hall–Kier alpha value is -2.49. The first-order valence-electron chi connectivity index (χ1n) is 11.0. The largest absolute Gasteiger partial charge is 0.368 e. The van der Waals surface area contributed by atoms with Crippen molar-refractivity contribution in [2.75, 3.05) is 14.1 Å². The summed E-state index contributed by atoms with van der Waals surface area (Å²) in [5.74, 6) is 1.60. The van der Waals surface area contributed by atoms with Crippen LogP contribution in [-0.2, 0) is 7.05 Å². The van der Waals surface area contributed by atoms with Crippen molar-refractivity contribution in [2.45, 2.75) is 65.5 Å². The highest BCUT2D eigenvalue weighted by molar-refractivity contribution is 5.33. The Bertz CT molecular complexity index is 880. The smallest absolute Gasteiger partial charge is 0.105 e. The van der Waals surface area contributed by atoms with E-state index in [4.69, 9.17) is 4.98 Å². The molecule has 1 aromatic heterocycles. The zero-order chi connectivity index (χ0) is 22.7. The third-order valence-corrected chi connectivity index (χ3v) is 6.77. The van der Waals surface area contributed by atoms with E-state index in [2.05, 4.69) is 107 Å². The number of piperazine rings is 1. The molecule has 4 heteroatoms. The summed E-state index contributed by atoms with van der Waals surface area (Å²) in [5.41, 5.74) is 5.95. The second-order valence-electron chi connectivity index (χ2n) is 8.27. The fraction of sp³-hybridized carbons (Fsp3) is 0.500. The summed E-state index contributed by atoms with van der Waals surface area (Å²) in [5, 5.41) is 0. The molecule has 2 heterocycles. The van der Waals surface area contributed by atoms with Gasteiger partial charge in [-0.1, -0.05) is 71.2 Å². The number of hydrogen-bond donors (Lipinski definition) is 0. The highest BCUT2D eigenvalue weighted by Crippen LogP contribution is 2.41. The summed E-state index contributed by atoms with van der Waals surface area (Å²) in [7, 11) is 6.38. The molecule has 2 aromatic rings. The minimum Gasteiger partial charge on any atom is -0.368 e. The van der Waals surface area contributed by atoms with Gasteiger partial charge in [-0.25, -0.2) is 4.98 Å². The van der Waals surface area contributed by atoms with Crippen LogP contribution in [0.2, 0.25) is 0 Å². The van der Waals surface area contributed by atoms with Crippen LogP contribution in [0.4, 0.5) is 0 Å². The first-order chi connectivity index (χ1) is 14.2. The van der Waals surface area contributed by atoms with Gasteiger partial charge >= 0.3 is 0 Å². The van der Waals surface area contributed by atoms with E-state index in [1.165, 1.54) is 11.3 Å². The Morgan fingerprint density at radius 1 is 0.833 bits per heavy atom. The number of aromatic nitrogens is 2. The summed E-state index contributed by atoms with van der Waals surface area (Å²) in [6.45, 7) is 21.7. The second kappa shape index (κ2) is 9.55. The van der Waals surface area contributed by atoms with E-state index < -0.39 is 0 Å². The fourth-order valence-corrected chi connectivity index (χ4v) is 4.73. The first-order valence-corrected chi connectivity index (χ1v) is 11.0. The van der Waals surface area contributed by atoms with Crippen LogP contribution >= 0.6 is 0 Å². The van der Waals surface area contributed by atoms with Gasteiger partial charge in [0.2, 0.25) is 0 Å². The van der Waals surface area contributed by atoms with Gasteiger partial charge in [-0.3, -0.25) is 0 Å². The lowest BCUT2D eigenvalue weighted by molar-refractivity contribution is 0.135. The van der Waals surface area contributed by atoms with Crippen molar-refractivity contribution in [2.24, 2.45) is 7.05 Å². The Kier molecular flexibility index (Phi) is 7.57. The fourth-order valence-electron chi connectivity index (χ4n) is 4.73. The molecule has 3 rings (SSSR count). The summed E-state index contributed by atoms with van der Waals surface area (Å²) in [4.78, 5) is 9.50. The Morgan fingerprint density at radius 2 is 1.30 bits per heavy atom. The van der Waals surface area contributed by atoms with Gasteiger partial charge in [0.1, 0.15) is 5.82 Å². The third kappa shape index (κ3) is 4.05. The first kappa shape index (κ1) is 23.8. The average Bonchev–Trinajstić information content (AvgIpc) is 3.01. The van der Waals surface area contributed by atoms with E-state index in [1.54, 1.807) is 0 Å². The molecule has 4 atom stereocenters. The monoisotopic (exact) mass is 408 g/mol. The number of imidazole rings is 1. The SMILES string of the molecule is C=C1C(C(C)c2nc(C)n(C)c2C)N(C)C(=C)C(C(C)c2ccccc2)N1C.CC. The van der Waals surface area contributed by atoms with Crippen LogP contribution in [0.5, 0.6) is 0 Å². The number of likely N-dealkylation sites (N-methyl/N-ethyl adjacent to an activating group) is 2. The quantitative estimate of drug-likeness (QED) is 0.657. The van der Waals surface area contributed by atoms with Gasteiger partial charge in [-0.15, -0.1) is 0 Å². The molecule has 0 saturated carbocycles. The van der Waals surface area contributed by atoms with Crippen molar-refractivity contribution in [3.8, 4) is 0 Å². The Labute approximate surface area is 183 Å². The standard InChI is InChI=1S/C24H34N4.C2H6/c1-15(21-13-11-10-12-14-21)23-18(4)28(9)24(19(5)27(23)8)16(2)22-17(3)26(7)20(6)25-22;1-2/h10-16,23-24H,4-5H2,1-3,6-9H3;1-2H3. The van der Waals surface area contributed by atoms with Gasteiger partial charge in [-0.2, -0.15) is 0 Å². The number of rotatable bonds is 4. The third-order valence-electron chi connectivity index (χ3n) is 6.77. The van der Waals surface area contributed by atoms with Crippen molar-refractivity contribution in [1.82, 2.24) is 19.4 Å². The van der Waals surface area contributed by atoms with E-state index in [9.17, 15) is 0 Å². The van der Waals surface area contributed by atoms with E-state index in [0.717, 1.165) is 22.9 Å². The molecule has 164 valence electrons. The lowest BCUT2D eigenvalue weighted by atomic mass is 9.83. The predicted molar refractivity (Wildman–Crippen MR) is 129 cm³/mol. The molecule has 1 aliphatic rings. The molecule has 0 N–H and O–H groups in total. The van der Waals surface area contributed by atoms with E-state index >= 15 is 0 Å². The molecule has 1 aromatic carbocycles. The van der Waals surface area contributed by atoms with E-state index in [-0.39, 0.29) is 18.0 Å². The van der Waals surface area contributed by atoms with Crippen LogP contribution in [0.1, 0.15) is 62.3 Å². The highest BCUT2D eigenvalue weighted by atomic mass is 15.3. The lowest BCUT2D eigenvalue weighted by Crippen LogP contribution is -2.54. The van der Waals surface area contributed by atoms with Crippen LogP contribution < -0.4 is 0 Å². The van der Waals surface area contributed by atoms with Gasteiger partial charge in [0.05, 0.1) is 17.8 Å². The summed E-state index contributed by atoms with van der Waals surface area (Å²) >= 11 is 0. The maximum atomic E-state index is 4.85. The van der Waals surface area contributed by atoms with Crippen LogP contribution in [0, 0.1) is 13.8 Å². The topological polar surface area (TPSA) is 24.3 Å². The molecule has 4 unspecified atom stereocenters. The number of nitrogens with zero attached hydrogens (tertiary/aromatic N) is 4. The maximum Gasteiger partial charge on any atom is 0.105 e. The molecule has 30 heavy (non-hydrogen) atoms. The average molecular weight is 409 g/mol. The molecule has 0 aliphatic carbocycles. The summed E-state index contributed by atoms with van der Waals surface area (Å²) in [6.07, 6.45) is 0. The molecule has 1 saturated heterocycles. The van der Waals surface area contributed by atoms with Crippen molar-refractivity contribution < 1.29 is 0 Å². The molecular formula is C26H40N4.